The highest BCUT2D eigenvalue weighted by Crippen LogP contribution is 2.23. The number of carbonyl (C=O) groups is 1. The molecule has 112 valence electrons. The number of hydrogen-bond donors (Lipinski definition) is 1. The van der Waals surface area contributed by atoms with Crippen LogP contribution < -0.4 is 5.73 Å². The highest BCUT2D eigenvalue weighted by molar-refractivity contribution is 6.33. The summed E-state index contributed by atoms with van der Waals surface area (Å²) in [6.45, 7) is 4.40. The first-order valence-corrected chi connectivity index (χ1v) is 7.13. The SMILES string of the molecule is CCn1nc(C)c(Cl)c1COC(=O)c1cc(N)ccc1Cl. The number of esters is 1. The summed E-state index contributed by atoms with van der Waals surface area (Å²) in [6, 6.07) is 4.65. The molecule has 2 aromatic rings. The molecule has 0 spiro atoms. The Bertz CT molecular complexity index is 683. The van der Waals surface area contributed by atoms with Crippen LogP contribution in [0.2, 0.25) is 10.0 Å². The molecule has 0 unspecified atom stereocenters. The summed E-state index contributed by atoms with van der Waals surface area (Å²) in [4.78, 5) is 12.1. The standard InChI is InChI=1S/C14H15Cl2N3O2/c1-3-19-12(13(16)8(2)18-19)7-21-14(20)10-6-9(17)4-5-11(10)15/h4-6H,3,7,17H2,1-2H3. The Hall–Kier alpha value is -1.72. The van der Waals surface area contributed by atoms with Gasteiger partial charge in [0, 0.05) is 12.2 Å². The first-order chi connectivity index (χ1) is 9.93. The van der Waals surface area contributed by atoms with Gasteiger partial charge in [0.1, 0.15) is 6.61 Å². The van der Waals surface area contributed by atoms with Crippen LogP contribution in [0.3, 0.4) is 0 Å². The van der Waals surface area contributed by atoms with Crippen molar-refractivity contribution in [3.8, 4) is 0 Å². The Morgan fingerprint density at radius 3 is 2.81 bits per heavy atom. The van der Waals surface area contributed by atoms with Crippen LogP contribution in [0.4, 0.5) is 5.69 Å². The molecule has 2 rings (SSSR count). The molecule has 0 saturated heterocycles. The van der Waals surface area contributed by atoms with E-state index in [1.807, 2.05) is 6.92 Å². The molecule has 0 aliphatic carbocycles. The van der Waals surface area contributed by atoms with Crippen molar-refractivity contribution in [2.75, 3.05) is 5.73 Å². The number of hydrogen-bond acceptors (Lipinski definition) is 4. The van der Waals surface area contributed by atoms with E-state index in [1.165, 1.54) is 6.07 Å². The number of ether oxygens (including phenoxy) is 1. The predicted molar refractivity (Wildman–Crippen MR) is 82.6 cm³/mol. The van der Waals surface area contributed by atoms with Crippen molar-refractivity contribution in [3.63, 3.8) is 0 Å². The average molecular weight is 328 g/mol. The number of rotatable bonds is 4. The Morgan fingerprint density at radius 1 is 1.43 bits per heavy atom. The van der Waals surface area contributed by atoms with Crippen LogP contribution >= 0.6 is 23.2 Å². The molecule has 0 aliphatic heterocycles. The fraction of sp³-hybridized carbons (Fsp3) is 0.286. The van der Waals surface area contributed by atoms with Gasteiger partial charge in [0.15, 0.2) is 0 Å². The third-order valence-electron chi connectivity index (χ3n) is 3.00. The molecule has 0 aliphatic rings. The Kier molecular flexibility index (Phi) is 4.75. The Labute approximate surface area is 132 Å². The number of anilines is 1. The van der Waals surface area contributed by atoms with Crippen LogP contribution in [0.1, 0.15) is 28.7 Å². The molecule has 0 radical (unpaired) electrons. The average Bonchev–Trinajstić information content (AvgIpc) is 2.74. The zero-order valence-electron chi connectivity index (χ0n) is 11.7. The number of nitrogens with zero attached hydrogens (tertiary/aromatic N) is 2. The van der Waals surface area contributed by atoms with E-state index in [2.05, 4.69) is 5.10 Å². The number of nitrogen functional groups attached to an aromatic ring is 1. The molecule has 5 nitrogen and oxygen atoms in total. The minimum Gasteiger partial charge on any atom is -0.455 e. The molecule has 21 heavy (non-hydrogen) atoms. The van der Waals surface area contributed by atoms with E-state index < -0.39 is 5.97 Å². The maximum absolute atomic E-state index is 12.1. The van der Waals surface area contributed by atoms with Gasteiger partial charge in [-0.2, -0.15) is 5.10 Å². The zero-order valence-corrected chi connectivity index (χ0v) is 13.2. The third-order valence-corrected chi connectivity index (χ3v) is 3.82. The Balaban J connectivity index is 2.16. The van der Waals surface area contributed by atoms with Crippen LogP contribution in [-0.4, -0.2) is 15.7 Å². The number of halogens is 2. The molecule has 0 fully saturated rings. The summed E-state index contributed by atoms with van der Waals surface area (Å²) in [6.07, 6.45) is 0. The van der Waals surface area contributed by atoms with Gasteiger partial charge in [-0.1, -0.05) is 23.2 Å². The first kappa shape index (κ1) is 15.7. The fourth-order valence-corrected chi connectivity index (χ4v) is 2.30. The lowest BCUT2D eigenvalue weighted by Crippen LogP contribution is -2.10. The van der Waals surface area contributed by atoms with Gasteiger partial charge in [0.05, 0.1) is 27.0 Å². The Morgan fingerprint density at radius 2 is 2.14 bits per heavy atom. The van der Waals surface area contributed by atoms with Crippen LogP contribution in [0.25, 0.3) is 0 Å². The van der Waals surface area contributed by atoms with Crippen molar-refractivity contribution in [3.05, 3.63) is 45.2 Å². The van der Waals surface area contributed by atoms with E-state index in [0.717, 1.165) is 0 Å². The minimum absolute atomic E-state index is 0.0253. The van der Waals surface area contributed by atoms with E-state index in [1.54, 1.807) is 23.7 Å². The molecular weight excluding hydrogens is 313 g/mol. The minimum atomic E-state index is -0.551. The molecule has 0 saturated carbocycles. The lowest BCUT2D eigenvalue weighted by Gasteiger charge is -2.08. The van der Waals surface area contributed by atoms with Crippen LogP contribution in [0.5, 0.6) is 0 Å². The number of aromatic nitrogens is 2. The van der Waals surface area contributed by atoms with E-state index >= 15 is 0 Å². The number of nitrogens with two attached hydrogens (primary N) is 1. The topological polar surface area (TPSA) is 70.1 Å². The van der Waals surface area contributed by atoms with Crippen molar-refractivity contribution in [1.29, 1.82) is 0 Å². The van der Waals surface area contributed by atoms with Gasteiger partial charge in [-0.25, -0.2) is 4.79 Å². The molecule has 1 heterocycles. The third kappa shape index (κ3) is 3.31. The molecule has 1 aromatic heterocycles. The van der Waals surface area contributed by atoms with Crippen molar-refractivity contribution >= 4 is 34.9 Å². The smallest absolute Gasteiger partial charge is 0.340 e. The number of benzene rings is 1. The van der Waals surface area contributed by atoms with Gasteiger partial charge in [-0.15, -0.1) is 0 Å². The monoisotopic (exact) mass is 327 g/mol. The predicted octanol–water partition coefficient (Wildman–Crippen LogP) is 3.46. The van der Waals surface area contributed by atoms with Crippen molar-refractivity contribution in [2.45, 2.75) is 27.0 Å². The maximum Gasteiger partial charge on any atom is 0.340 e. The normalized spacial score (nSPS) is 10.7. The molecule has 0 atom stereocenters. The van der Waals surface area contributed by atoms with E-state index in [4.69, 9.17) is 33.7 Å². The van der Waals surface area contributed by atoms with Crippen LogP contribution in [-0.2, 0) is 17.9 Å². The molecule has 7 heteroatoms. The molecule has 0 amide bonds. The zero-order chi connectivity index (χ0) is 15.6. The molecule has 1 aromatic carbocycles. The van der Waals surface area contributed by atoms with E-state index in [-0.39, 0.29) is 12.2 Å². The second-order valence-electron chi connectivity index (χ2n) is 4.48. The second-order valence-corrected chi connectivity index (χ2v) is 5.26. The van der Waals surface area contributed by atoms with Crippen LogP contribution in [0.15, 0.2) is 18.2 Å². The summed E-state index contributed by atoms with van der Waals surface area (Å²) in [5.41, 5.74) is 7.67. The van der Waals surface area contributed by atoms with Gasteiger partial charge in [0.25, 0.3) is 0 Å². The summed E-state index contributed by atoms with van der Waals surface area (Å²) < 4.78 is 6.96. The second kappa shape index (κ2) is 6.37. The van der Waals surface area contributed by atoms with Gasteiger partial charge in [0.2, 0.25) is 0 Å². The fourth-order valence-electron chi connectivity index (χ4n) is 1.92. The van der Waals surface area contributed by atoms with E-state index in [0.29, 0.717) is 33.7 Å². The largest absolute Gasteiger partial charge is 0.455 e. The van der Waals surface area contributed by atoms with Gasteiger partial charge in [-0.3, -0.25) is 4.68 Å². The van der Waals surface area contributed by atoms with Crippen LogP contribution in [0, 0.1) is 6.92 Å². The summed E-state index contributed by atoms with van der Waals surface area (Å²) in [5.74, 6) is -0.551. The summed E-state index contributed by atoms with van der Waals surface area (Å²) in [7, 11) is 0. The van der Waals surface area contributed by atoms with Gasteiger partial charge >= 0.3 is 5.97 Å². The maximum atomic E-state index is 12.1. The highest BCUT2D eigenvalue weighted by Gasteiger charge is 2.17. The van der Waals surface area contributed by atoms with Gasteiger partial charge in [-0.05, 0) is 32.0 Å². The first-order valence-electron chi connectivity index (χ1n) is 6.38. The summed E-state index contributed by atoms with van der Waals surface area (Å²) >= 11 is 12.1. The highest BCUT2D eigenvalue weighted by atomic mass is 35.5. The molecular formula is C14H15Cl2N3O2. The lowest BCUT2D eigenvalue weighted by atomic mass is 10.2. The lowest BCUT2D eigenvalue weighted by molar-refractivity contribution is 0.0463. The van der Waals surface area contributed by atoms with Crippen molar-refractivity contribution in [2.24, 2.45) is 0 Å². The van der Waals surface area contributed by atoms with Gasteiger partial charge < -0.3 is 10.5 Å². The quantitative estimate of drug-likeness (QED) is 0.689. The number of aryl methyl sites for hydroxylation is 2. The van der Waals surface area contributed by atoms with Crippen molar-refractivity contribution < 1.29 is 9.53 Å². The van der Waals surface area contributed by atoms with Crippen molar-refractivity contribution in [1.82, 2.24) is 9.78 Å². The summed E-state index contributed by atoms with van der Waals surface area (Å²) in [5, 5.41) is 5.05. The molecule has 0 bridgehead atoms. The van der Waals surface area contributed by atoms with E-state index in [9.17, 15) is 4.79 Å². The number of carbonyl (C=O) groups excluding carboxylic acids is 1. The molecule has 2 N–H and O–H groups in total.